The fourth-order valence-corrected chi connectivity index (χ4v) is 4.75. The van der Waals surface area contributed by atoms with Gasteiger partial charge in [0.15, 0.2) is 11.1 Å². The van der Waals surface area contributed by atoms with Gasteiger partial charge in [0.2, 0.25) is 5.91 Å². The van der Waals surface area contributed by atoms with Gasteiger partial charge in [0.25, 0.3) is 0 Å². The first-order valence-corrected chi connectivity index (χ1v) is 8.77. The maximum atomic E-state index is 12.3. The second-order valence-corrected chi connectivity index (χ2v) is 7.42. The van der Waals surface area contributed by atoms with Crippen molar-refractivity contribution in [2.75, 3.05) is 5.33 Å². The van der Waals surface area contributed by atoms with E-state index in [1.54, 1.807) is 0 Å². The van der Waals surface area contributed by atoms with Gasteiger partial charge in [-0.2, -0.15) is 0 Å². The van der Waals surface area contributed by atoms with Crippen LogP contribution in [0.3, 0.4) is 0 Å². The van der Waals surface area contributed by atoms with Crippen molar-refractivity contribution in [1.29, 1.82) is 0 Å². The second kappa shape index (κ2) is 5.00. The molecule has 3 aliphatic rings. The molecule has 1 aliphatic carbocycles. The highest BCUT2D eigenvalue weighted by Gasteiger charge is 2.75. The van der Waals surface area contributed by atoms with Crippen LogP contribution in [0.15, 0.2) is 0 Å². The standard InChI is InChI=1S/C15H22BrNO3/c1-14-11(7-8-16)12(18)17-15(14,13(19)20-14)9-10-5-3-2-4-6-10/h10-11H,2-9H2,1H3,(H,17,18). The van der Waals surface area contributed by atoms with E-state index in [4.69, 9.17) is 4.74 Å². The van der Waals surface area contributed by atoms with Crippen molar-refractivity contribution in [2.24, 2.45) is 11.8 Å². The molecule has 20 heavy (non-hydrogen) atoms. The number of esters is 1. The van der Waals surface area contributed by atoms with Gasteiger partial charge in [-0.25, -0.2) is 4.79 Å². The minimum atomic E-state index is -0.751. The van der Waals surface area contributed by atoms with Crippen molar-refractivity contribution in [3.05, 3.63) is 0 Å². The Hall–Kier alpha value is -0.580. The zero-order valence-electron chi connectivity index (χ0n) is 11.9. The summed E-state index contributed by atoms with van der Waals surface area (Å²) in [5.74, 6) is 0.0757. The molecule has 4 nitrogen and oxygen atoms in total. The Kier molecular flexibility index (Phi) is 3.59. The zero-order chi connectivity index (χ0) is 14.4. The predicted molar refractivity (Wildman–Crippen MR) is 78.5 cm³/mol. The third-order valence-electron chi connectivity index (χ3n) is 5.54. The molecule has 1 N–H and O–H groups in total. The maximum absolute atomic E-state index is 12.3. The lowest BCUT2D eigenvalue weighted by molar-refractivity contribution is -0.222. The van der Waals surface area contributed by atoms with Crippen LogP contribution in [-0.4, -0.2) is 28.3 Å². The van der Waals surface area contributed by atoms with Crippen molar-refractivity contribution in [3.63, 3.8) is 0 Å². The number of fused-ring (bicyclic) bond motifs is 1. The molecule has 3 rings (SSSR count). The minimum Gasteiger partial charge on any atom is -0.453 e. The summed E-state index contributed by atoms with van der Waals surface area (Å²) in [6.45, 7) is 1.93. The highest BCUT2D eigenvalue weighted by molar-refractivity contribution is 9.09. The third-order valence-corrected chi connectivity index (χ3v) is 5.99. The van der Waals surface area contributed by atoms with Gasteiger partial charge in [-0.05, 0) is 25.7 Å². The van der Waals surface area contributed by atoms with Crippen molar-refractivity contribution in [2.45, 2.75) is 63.0 Å². The van der Waals surface area contributed by atoms with Crippen molar-refractivity contribution >= 4 is 27.8 Å². The van der Waals surface area contributed by atoms with E-state index in [0.29, 0.717) is 12.3 Å². The molecule has 3 fully saturated rings. The van der Waals surface area contributed by atoms with Gasteiger partial charge in [0.05, 0.1) is 5.92 Å². The quantitative estimate of drug-likeness (QED) is 0.630. The van der Waals surface area contributed by atoms with Crippen LogP contribution in [0.2, 0.25) is 0 Å². The number of hydrogen-bond donors (Lipinski definition) is 1. The zero-order valence-corrected chi connectivity index (χ0v) is 13.5. The Bertz CT molecular complexity index is 435. The first-order valence-electron chi connectivity index (χ1n) is 7.65. The number of nitrogens with one attached hydrogen (secondary N) is 1. The van der Waals surface area contributed by atoms with E-state index in [1.807, 2.05) is 6.92 Å². The molecule has 5 heteroatoms. The molecule has 0 aromatic carbocycles. The Morgan fingerprint density at radius 2 is 2.00 bits per heavy atom. The summed E-state index contributed by atoms with van der Waals surface area (Å²) in [6, 6.07) is 0. The molecule has 1 amide bonds. The largest absolute Gasteiger partial charge is 0.453 e. The Labute approximate surface area is 128 Å². The summed E-state index contributed by atoms with van der Waals surface area (Å²) < 4.78 is 5.49. The summed E-state index contributed by atoms with van der Waals surface area (Å²) >= 11 is 3.39. The van der Waals surface area contributed by atoms with Crippen molar-refractivity contribution in [1.82, 2.24) is 5.32 Å². The van der Waals surface area contributed by atoms with Gasteiger partial charge < -0.3 is 10.1 Å². The highest BCUT2D eigenvalue weighted by atomic mass is 79.9. The van der Waals surface area contributed by atoms with Gasteiger partial charge in [-0.15, -0.1) is 0 Å². The van der Waals surface area contributed by atoms with Crippen molar-refractivity contribution < 1.29 is 14.3 Å². The molecule has 0 aromatic rings. The van der Waals surface area contributed by atoms with Crippen LogP contribution in [0.25, 0.3) is 0 Å². The Morgan fingerprint density at radius 3 is 2.60 bits per heavy atom. The van der Waals surface area contributed by atoms with E-state index in [2.05, 4.69) is 21.2 Å². The Balaban J connectivity index is 1.82. The number of amides is 1. The van der Waals surface area contributed by atoms with Crippen LogP contribution in [0, 0.1) is 11.8 Å². The topological polar surface area (TPSA) is 55.4 Å². The number of ether oxygens (including phenoxy) is 1. The molecule has 112 valence electrons. The summed E-state index contributed by atoms with van der Waals surface area (Å²) in [7, 11) is 0. The SMILES string of the molecule is CC12OC(=O)C1(CC1CCCCC1)NC(=O)C2CCBr. The van der Waals surface area contributed by atoms with E-state index in [1.165, 1.54) is 32.1 Å². The average molecular weight is 344 g/mol. The molecule has 1 saturated carbocycles. The predicted octanol–water partition coefficient (Wildman–Crippen LogP) is 2.54. The lowest BCUT2D eigenvalue weighted by atomic mass is 9.65. The normalized spacial score (nSPS) is 40.8. The summed E-state index contributed by atoms with van der Waals surface area (Å²) in [6.07, 6.45) is 7.59. The van der Waals surface area contributed by atoms with Crippen LogP contribution < -0.4 is 5.32 Å². The number of carbonyl (C=O) groups is 2. The molecule has 0 radical (unpaired) electrons. The van der Waals surface area contributed by atoms with Gasteiger partial charge in [0.1, 0.15) is 0 Å². The Morgan fingerprint density at radius 1 is 1.30 bits per heavy atom. The molecular weight excluding hydrogens is 322 g/mol. The fraction of sp³-hybridized carbons (Fsp3) is 0.867. The van der Waals surface area contributed by atoms with Gasteiger partial charge >= 0.3 is 5.97 Å². The maximum Gasteiger partial charge on any atom is 0.336 e. The smallest absolute Gasteiger partial charge is 0.336 e. The van der Waals surface area contributed by atoms with Crippen LogP contribution in [0.1, 0.15) is 51.9 Å². The molecule has 2 aliphatic heterocycles. The highest BCUT2D eigenvalue weighted by Crippen LogP contribution is 2.53. The molecule has 0 spiro atoms. The van der Waals surface area contributed by atoms with Crippen LogP contribution in [0.4, 0.5) is 0 Å². The average Bonchev–Trinajstić information content (AvgIpc) is 2.59. The van der Waals surface area contributed by atoms with Gasteiger partial charge in [-0.1, -0.05) is 48.0 Å². The number of carbonyl (C=O) groups excluding carboxylic acids is 2. The van der Waals surface area contributed by atoms with Crippen LogP contribution in [-0.2, 0) is 14.3 Å². The molecule has 3 unspecified atom stereocenters. The number of alkyl halides is 1. The monoisotopic (exact) mass is 343 g/mol. The summed E-state index contributed by atoms with van der Waals surface area (Å²) in [4.78, 5) is 24.4. The molecular formula is C15H22BrNO3. The fourth-order valence-electron chi connectivity index (χ4n) is 4.29. The second-order valence-electron chi connectivity index (χ2n) is 6.63. The molecule has 2 saturated heterocycles. The number of hydrogen-bond acceptors (Lipinski definition) is 3. The van der Waals surface area contributed by atoms with E-state index >= 15 is 0 Å². The van der Waals surface area contributed by atoms with Gasteiger partial charge in [0, 0.05) is 5.33 Å². The molecule has 0 bridgehead atoms. The molecule has 0 aromatic heterocycles. The summed E-state index contributed by atoms with van der Waals surface area (Å²) in [5, 5.41) is 3.75. The minimum absolute atomic E-state index is 0.0198. The lowest BCUT2D eigenvalue weighted by Gasteiger charge is -2.52. The summed E-state index contributed by atoms with van der Waals surface area (Å²) in [5.41, 5.74) is -1.40. The van der Waals surface area contributed by atoms with E-state index in [0.717, 1.165) is 11.8 Å². The first-order chi connectivity index (χ1) is 9.53. The first kappa shape index (κ1) is 14.4. The van der Waals surface area contributed by atoms with E-state index in [-0.39, 0.29) is 17.8 Å². The molecule has 3 atom stereocenters. The molecule has 2 heterocycles. The van der Waals surface area contributed by atoms with Crippen LogP contribution >= 0.6 is 15.9 Å². The number of halogens is 1. The van der Waals surface area contributed by atoms with E-state index in [9.17, 15) is 9.59 Å². The number of rotatable bonds is 4. The lowest BCUT2D eigenvalue weighted by Crippen LogP contribution is -2.74. The third kappa shape index (κ3) is 1.85. The van der Waals surface area contributed by atoms with Crippen LogP contribution in [0.5, 0.6) is 0 Å². The van der Waals surface area contributed by atoms with Gasteiger partial charge in [-0.3, -0.25) is 4.79 Å². The van der Waals surface area contributed by atoms with Crippen molar-refractivity contribution in [3.8, 4) is 0 Å². The van der Waals surface area contributed by atoms with E-state index < -0.39 is 11.1 Å².